The van der Waals surface area contributed by atoms with Crippen LogP contribution in [0.25, 0.3) is 11.3 Å². The summed E-state index contributed by atoms with van der Waals surface area (Å²) in [5, 5.41) is 0. The molecule has 0 aliphatic carbocycles. The second-order valence-corrected chi connectivity index (χ2v) is 12.7. The molecule has 0 N–H and O–H groups in total. The van der Waals surface area contributed by atoms with Crippen LogP contribution in [0.15, 0.2) is 24.5 Å². The van der Waals surface area contributed by atoms with Gasteiger partial charge in [-0.05, 0) is 78.4 Å². The summed E-state index contributed by atoms with van der Waals surface area (Å²) in [5.74, 6) is 0.357. The van der Waals surface area contributed by atoms with Crippen LogP contribution in [-0.2, 0) is 14.3 Å². The summed E-state index contributed by atoms with van der Waals surface area (Å²) in [7, 11) is 0. The fourth-order valence-corrected chi connectivity index (χ4v) is 4.83. The molecule has 216 valence electrons. The van der Waals surface area contributed by atoms with E-state index in [1.54, 1.807) is 6.20 Å². The average molecular weight is 540 g/mol. The molecule has 1 atom stereocenters. The molecule has 1 fully saturated rings. The van der Waals surface area contributed by atoms with Crippen molar-refractivity contribution in [1.29, 1.82) is 0 Å². The Bertz CT molecular complexity index is 1080. The van der Waals surface area contributed by atoms with Gasteiger partial charge in [-0.25, -0.2) is 4.79 Å². The summed E-state index contributed by atoms with van der Waals surface area (Å²) in [6, 6.07) is 3.95. The number of carbonyl (C=O) groups is 1. The van der Waals surface area contributed by atoms with E-state index in [0.29, 0.717) is 6.61 Å². The number of carbonyl (C=O) groups excluding carboxylic acids is 1. The van der Waals surface area contributed by atoms with Crippen LogP contribution in [0.3, 0.4) is 0 Å². The topological polar surface area (TPSA) is 73.8 Å². The molecule has 1 aliphatic rings. The third kappa shape index (κ3) is 8.66. The van der Waals surface area contributed by atoms with E-state index < -0.39 is 17.7 Å². The largest absolute Gasteiger partial charge is 0.492 e. The second kappa shape index (κ2) is 13.1. The molecule has 2 aromatic heterocycles. The highest BCUT2D eigenvalue weighted by Crippen LogP contribution is 2.43. The zero-order chi connectivity index (χ0) is 28.8. The van der Waals surface area contributed by atoms with Crippen LogP contribution in [0, 0.1) is 12.3 Å². The molecule has 0 unspecified atom stereocenters. The van der Waals surface area contributed by atoms with Gasteiger partial charge in [-0.2, -0.15) is 0 Å². The SMILES string of the molecule is CCCCCOc1ccc(-c2cnc(C)c([C@H](OC(C)(C)C)C(=O)OC(C)C)c2N2CCC(C)(C)CC2)nc1. The standard InChI is InChI=1S/C32H49N3O4/c1-10-11-12-19-37-24-13-14-26(34-20-24)25-21-33-23(4)27(28(25)35-17-15-32(8,9)16-18-35)29(39-31(5,6)7)30(36)38-22(2)3/h13-14,20-22,29H,10-12,15-19H2,1-9H3/t29-/m0/s1. The molecule has 0 spiro atoms. The van der Waals surface area contributed by atoms with Crippen molar-refractivity contribution >= 4 is 11.7 Å². The first-order valence-corrected chi connectivity index (χ1v) is 14.5. The van der Waals surface area contributed by atoms with E-state index in [4.69, 9.17) is 24.2 Å². The average Bonchev–Trinajstić information content (AvgIpc) is 2.85. The molecule has 0 aromatic carbocycles. The van der Waals surface area contributed by atoms with Gasteiger partial charge < -0.3 is 19.1 Å². The van der Waals surface area contributed by atoms with Crippen LogP contribution in [0.5, 0.6) is 5.75 Å². The molecule has 39 heavy (non-hydrogen) atoms. The minimum Gasteiger partial charge on any atom is -0.492 e. The number of aryl methyl sites for hydroxylation is 1. The van der Waals surface area contributed by atoms with Gasteiger partial charge in [-0.3, -0.25) is 9.97 Å². The first-order chi connectivity index (χ1) is 18.3. The number of esters is 1. The number of pyridine rings is 2. The zero-order valence-electron chi connectivity index (χ0n) is 25.6. The zero-order valence-corrected chi connectivity index (χ0v) is 25.6. The van der Waals surface area contributed by atoms with Crippen LogP contribution < -0.4 is 9.64 Å². The molecule has 7 nitrogen and oxygen atoms in total. The lowest BCUT2D eigenvalue weighted by molar-refractivity contribution is -0.171. The van der Waals surface area contributed by atoms with Crippen molar-refractivity contribution in [2.45, 2.75) is 112 Å². The summed E-state index contributed by atoms with van der Waals surface area (Å²) >= 11 is 0. The van der Waals surface area contributed by atoms with Crippen molar-refractivity contribution in [3.63, 3.8) is 0 Å². The molecule has 0 saturated carbocycles. The van der Waals surface area contributed by atoms with Crippen molar-refractivity contribution in [2.75, 3.05) is 24.6 Å². The molecule has 0 bridgehead atoms. The Kier molecular flexibility index (Phi) is 10.4. The quantitative estimate of drug-likeness (QED) is 0.217. The van der Waals surface area contributed by atoms with E-state index in [0.717, 1.165) is 79.1 Å². The predicted octanol–water partition coefficient (Wildman–Crippen LogP) is 7.46. The van der Waals surface area contributed by atoms with Gasteiger partial charge >= 0.3 is 5.97 Å². The van der Waals surface area contributed by atoms with Gasteiger partial charge in [0.25, 0.3) is 0 Å². The maximum atomic E-state index is 13.5. The maximum absolute atomic E-state index is 13.5. The summed E-state index contributed by atoms with van der Waals surface area (Å²) < 4.78 is 18.1. The van der Waals surface area contributed by atoms with E-state index in [2.05, 4.69) is 25.7 Å². The van der Waals surface area contributed by atoms with Crippen molar-refractivity contribution in [2.24, 2.45) is 5.41 Å². The molecule has 2 aromatic rings. The molecule has 0 radical (unpaired) electrons. The Morgan fingerprint density at radius 2 is 1.77 bits per heavy atom. The minimum absolute atomic E-state index is 0.259. The molecule has 3 rings (SSSR count). The number of piperidine rings is 1. The van der Waals surface area contributed by atoms with Crippen molar-refractivity contribution in [3.8, 4) is 17.0 Å². The lowest BCUT2D eigenvalue weighted by Gasteiger charge is -2.41. The van der Waals surface area contributed by atoms with Gasteiger partial charge in [0.05, 0.1) is 35.9 Å². The normalized spacial score (nSPS) is 16.3. The van der Waals surface area contributed by atoms with E-state index in [1.807, 2.05) is 59.9 Å². The molecular formula is C32H49N3O4. The van der Waals surface area contributed by atoms with Crippen LogP contribution in [0.2, 0.25) is 0 Å². The minimum atomic E-state index is -0.911. The Morgan fingerprint density at radius 1 is 1.08 bits per heavy atom. The first kappa shape index (κ1) is 30.9. The van der Waals surface area contributed by atoms with E-state index in [1.165, 1.54) is 0 Å². The van der Waals surface area contributed by atoms with Crippen molar-refractivity contribution in [3.05, 3.63) is 35.8 Å². The summed E-state index contributed by atoms with van der Waals surface area (Å²) in [5.41, 5.74) is 3.84. The van der Waals surface area contributed by atoms with Gasteiger partial charge in [0.15, 0.2) is 6.10 Å². The molecule has 0 amide bonds. The second-order valence-electron chi connectivity index (χ2n) is 12.7. The Morgan fingerprint density at radius 3 is 2.33 bits per heavy atom. The number of unbranched alkanes of at least 4 members (excludes halogenated alkanes) is 2. The van der Waals surface area contributed by atoms with E-state index >= 15 is 0 Å². The fraction of sp³-hybridized carbons (Fsp3) is 0.656. The number of hydrogen-bond acceptors (Lipinski definition) is 7. The molecule has 3 heterocycles. The highest BCUT2D eigenvalue weighted by atomic mass is 16.6. The van der Waals surface area contributed by atoms with Gasteiger partial charge in [-0.1, -0.05) is 33.6 Å². The molecule has 1 aliphatic heterocycles. The summed E-state index contributed by atoms with van der Waals surface area (Å²) in [6.07, 6.45) is 7.91. The molecular weight excluding hydrogens is 490 g/mol. The predicted molar refractivity (Wildman–Crippen MR) is 157 cm³/mol. The maximum Gasteiger partial charge on any atom is 0.340 e. The van der Waals surface area contributed by atoms with Gasteiger partial charge in [0.2, 0.25) is 0 Å². The monoisotopic (exact) mass is 539 g/mol. The fourth-order valence-electron chi connectivity index (χ4n) is 4.83. The highest BCUT2D eigenvalue weighted by molar-refractivity contribution is 5.86. The van der Waals surface area contributed by atoms with Crippen LogP contribution in [0.4, 0.5) is 5.69 Å². The number of hydrogen-bond donors (Lipinski definition) is 0. The third-order valence-corrected chi connectivity index (χ3v) is 7.05. The van der Waals surface area contributed by atoms with Crippen molar-refractivity contribution < 1.29 is 19.0 Å². The van der Waals surface area contributed by atoms with E-state index in [-0.39, 0.29) is 11.5 Å². The summed E-state index contributed by atoms with van der Waals surface area (Å²) in [6.45, 7) is 20.8. The Labute approximate surface area is 235 Å². The van der Waals surface area contributed by atoms with Crippen molar-refractivity contribution in [1.82, 2.24) is 9.97 Å². The smallest absolute Gasteiger partial charge is 0.340 e. The van der Waals surface area contributed by atoms with Crippen LogP contribution >= 0.6 is 0 Å². The highest BCUT2D eigenvalue weighted by Gasteiger charge is 2.37. The van der Waals surface area contributed by atoms with Gasteiger partial charge in [-0.15, -0.1) is 0 Å². The van der Waals surface area contributed by atoms with Gasteiger partial charge in [0, 0.05) is 36.1 Å². The third-order valence-electron chi connectivity index (χ3n) is 7.05. The first-order valence-electron chi connectivity index (χ1n) is 14.5. The van der Waals surface area contributed by atoms with Crippen LogP contribution in [0.1, 0.15) is 105 Å². The number of anilines is 1. The van der Waals surface area contributed by atoms with E-state index in [9.17, 15) is 4.79 Å². The number of nitrogens with zero attached hydrogens (tertiary/aromatic N) is 3. The lowest BCUT2D eigenvalue weighted by atomic mass is 9.82. The van der Waals surface area contributed by atoms with Crippen LogP contribution in [-0.4, -0.2) is 47.3 Å². The number of rotatable bonds is 11. The molecule has 7 heteroatoms. The number of aromatic nitrogens is 2. The Balaban J connectivity index is 2.12. The number of ether oxygens (including phenoxy) is 3. The molecule has 1 saturated heterocycles. The lowest BCUT2D eigenvalue weighted by Crippen LogP contribution is -2.39. The summed E-state index contributed by atoms with van der Waals surface area (Å²) in [4.78, 5) is 25.5. The Hall–Kier alpha value is -2.67. The van der Waals surface area contributed by atoms with Gasteiger partial charge in [0.1, 0.15) is 5.75 Å².